The van der Waals surface area contributed by atoms with Crippen LogP contribution in [-0.4, -0.2) is 42.7 Å². The smallest absolute Gasteiger partial charge is 0.399 e. The molecule has 118 valence electrons. The van der Waals surface area contributed by atoms with Crippen LogP contribution in [0.2, 0.25) is 0 Å². The summed E-state index contributed by atoms with van der Waals surface area (Å²) < 4.78 is 12.4. The molecule has 0 unspecified atom stereocenters. The number of amides is 1. The highest BCUT2D eigenvalue weighted by Crippen LogP contribution is 2.37. The van der Waals surface area contributed by atoms with E-state index in [-0.39, 0.29) is 17.1 Å². The van der Waals surface area contributed by atoms with E-state index in [2.05, 4.69) is 6.07 Å². The van der Waals surface area contributed by atoms with E-state index >= 15 is 0 Å². The van der Waals surface area contributed by atoms with Crippen molar-refractivity contribution < 1.29 is 14.1 Å². The minimum Gasteiger partial charge on any atom is -0.399 e. The van der Waals surface area contributed by atoms with E-state index in [0.717, 1.165) is 35.1 Å². The zero-order valence-electron chi connectivity index (χ0n) is 14.3. The number of aryl methyl sites for hydroxylation is 1. The molecule has 0 spiro atoms. The lowest BCUT2D eigenvalue weighted by Gasteiger charge is -2.32. The van der Waals surface area contributed by atoms with Crippen molar-refractivity contribution in [2.45, 2.75) is 52.2 Å². The van der Waals surface area contributed by atoms with Crippen LogP contribution in [0.25, 0.3) is 0 Å². The molecule has 4 nitrogen and oxygen atoms in total. The Labute approximate surface area is 132 Å². The molecule has 0 atom stereocenters. The zero-order chi connectivity index (χ0) is 16.3. The molecule has 0 radical (unpaired) electrons. The van der Waals surface area contributed by atoms with Crippen molar-refractivity contribution in [3.8, 4) is 0 Å². The number of hydrogen-bond acceptors (Lipinski definition) is 3. The lowest BCUT2D eigenvalue weighted by atomic mass is 9.72. The lowest BCUT2D eigenvalue weighted by Crippen LogP contribution is -2.43. The normalized spacial score (nSPS) is 22.9. The fourth-order valence-electron chi connectivity index (χ4n) is 3.08. The topological polar surface area (TPSA) is 38.8 Å². The Morgan fingerprint density at radius 2 is 1.73 bits per heavy atom. The standard InChI is InChI=1S/C17H24BNO3/c1-11-9-13-12(7-8-19(6)15(13)20)14(10-11)18-21-16(2,3)17(4,5)22-18/h9-10H,7-8H2,1-6H3. The van der Waals surface area contributed by atoms with Crippen molar-refractivity contribution in [3.05, 3.63) is 28.8 Å². The average molecular weight is 301 g/mol. The number of fused-ring (bicyclic) bond motifs is 1. The number of carbonyl (C=O) groups is 1. The van der Waals surface area contributed by atoms with Gasteiger partial charge in [0.2, 0.25) is 0 Å². The van der Waals surface area contributed by atoms with Crippen LogP contribution in [0.3, 0.4) is 0 Å². The van der Waals surface area contributed by atoms with Gasteiger partial charge >= 0.3 is 7.12 Å². The van der Waals surface area contributed by atoms with Crippen molar-refractivity contribution in [2.75, 3.05) is 13.6 Å². The molecule has 2 aliphatic heterocycles. The maximum atomic E-state index is 12.4. The molecule has 5 heteroatoms. The third-order valence-corrected chi connectivity index (χ3v) is 5.21. The number of carbonyl (C=O) groups excluding carboxylic acids is 1. The predicted molar refractivity (Wildman–Crippen MR) is 87.6 cm³/mol. The molecule has 1 saturated heterocycles. The van der Waals surface area contributed by atoms with Crippen LogP contribution < -0.4 is 5.46 Å². The molecule has 0 N–H and O–H groups in total. The van der Waals surface area contributed by atoms with Gasteiger partial charge in [0.1, 0.15) is 0 Å². The van der Waals surface area contributed by atoms with Crippen LogP contribution >= 0.6 is 0 Å². The Morgan fingerprint density at radius 3 is 2.32 bits per heavy atom. The first-order chi connectivity index (χ1) is 10.1. The van der Waals surface area contributed by atoms with Gasteiger partial charge in [-0.1, -0.05) is 11.6 Å². The molecule has 2 aliphatic rings. The van der Waals surface area contributed by atoms with E-state index < -0.39 is 7.12 Å². The summed E-state index contributed by atoms with van der Waals surface area (Å²) in [6.45, 7) is 10.9. The van der Waals surface area contributed by atoms with Gasteiger partial charge in [-0.2, -0.15) is 0 Å². The summed E-state index contributed by atoms with van der Waals surface area (Å²) in [7, 11) is 1.44. The first-order valence-corrected chi connectivity index (χ1v) is 7.87. The Kier molecular flexibility index (Phi) is 3.42. The van der Waals surface area contributed by atoms with Crippen molar-refractivity contribution in [3.63, 3.8) is 0 Å². The molecule has 0 saturated carbocycles. The molecule has 0 aromatic heterocycles. The minimum absolute atomic E-state index is 0.0858. The van der Waals surface area contributed by atoms with Gasteiger partial charge in [0.15, 0.2) is 0 Å². The maximum Gasteiger partial charge on any atom is 0.495 e. The Morgan fingerprint density at radius 1 is 1.14 bits per heavy atom. The van der Waals surface area contributed by atoms with Gasteiger partial charge in [-0.3, -0.25) is 4.79 Å². The highest BCUT2D eigenvalue weighted by Gasteiger charge is 2.52. The second-order valence-electron chi connectivity index (χ2n) is 7.45. The molecule has 0 aliphatic carbocycles. The molecule has 3 rings (SSSR count). The van der Waals surface area contributed by atoms with Gasteiger partial charge in [0, 0.05) is 19.2 Å². The van der Waals surface area contributed by atoms with Crippen LogP contribution in [0.15, 0.2) is 12.1 Å². The fourth-order valence-corrected chi connectivity index (χ4v) is 3.08. The molecule has 2 heterocycles. The average Bonchev–Trinajstić information content (AvgIpc) is 2.62. The highest BCUT2D eigenvalue weighted by molar-refractivity contribution is 6.62. The lowest BCUT2D eigenvalue weighted by molar-refractivity contribution is 0.00578. The van der Waals surface area contributed by atoms with Gasteiger partial charge in [-0.25, -0.2) is 0 Å². The van der Waals surface area contributed by atoms with Gasteiger partial charge in [-0.05, 0) is 58.1 Å². The number of benzene rings is 1. The molecule has 1 aromatic rings. The summed E-state index contributed by atoms with van der Waals surface area (Å²) in [5.41, 5.74) is 3.20. The quantitative estimate of drug-likeness (QED) is 0.744. The zero-order valence-corrected chi connectivity index (χ0v) is 14.3. The van der Waals surface area contributed by atoms with Crippen LogP contribution in [0.5, 0.6) is 0 Å². The Bertz CT molecular complexity index is 623. The van der Waals surface area contributed by atoms with Crippen molar-refractivity contribution in [1.29, 1.82) is 0 Å². The van der Waals surface area contributed by atoms with Crippen LogP contribution in [0.4, 0.5) is 0 Å². The van der Waals surface area contributed by atoms with Crippen molar-refractivity contribution in [2.24, 2.45) is 0 Å². The SMILES string of the molecule is Cc1cc(B2OC(C)(C)C(C)(C)O2)c2c(c1)C(=O)N(C)CC2. The summed E-state index contributed by atoms with van der Waals surface area (Å²) in [6, 6.07) is 4.07. The van der Waals surface area contributed by atoms with E-state index in [0.29, 0.717) is 0 Å². The number of hydrogen-bond donors (Lipinski definition) is 0. The summed E-state index contributed by atoms with van der Waals surface area (Å²) in [5.74, 6) is 0.0858. The van der Waals surface area contributed by atoms with Gasteiger partial charge in [0.05, 0.1) is 11.2 Å². The molecule has 1 aromatic carbocycles. The number of nitrogens with zero attached hydrogens (tertiary/aromatic N) is 1. The minimum atomic E-state index is -0.408. The molecule has 1 fully saturated rings. The second-order valence-corrected chi connectivity index (χ2v) is 7.45. The van der Waals surface area contributed by atoms with Gasteiger partial charge < -0.3 is 14.2 Å². The third-order valence-electron chi connectivity index (χ3n) is 5.21. The largest absolute Gasteiger partial charge is 0.495 e. The highest BCUT2D eigenvalue weighted by atomic mass is 16.7. The summed E-state index contributed by atoms with van der Waals surface area (Å²) in [4.78, 5) is 14.2. The number of rotatable bonds is 1. The van der Waals surface area contributed by atoms with E-state index in [1.165, 1.54) is 0 Å². The molecular formula is C17H24BNO3. The maximum absolute atomic E-state index is 12.4. The van der Waals surface area contributed by atoms with Crippen LogP contribution in [0, 0.1) is 6.92 Å². The van der Waals surface area contributed by atoms with E-state index in [1.807, 2.05) is 47.7 Å². The van der Waals surface area contributed by atoms with Crippen molar-refractivity contribution >= 4 is 18.5 Å². The molecule has 1 amide bonds. The van der Waals surface area contributed by atoms with Gasteiger partial charge in [0.25, 0.3) is 5.91 Å². The first-order valence-electron chi connectivity index (χ1n) is 7.87. The number of likely N-dealkylation sites (N-methyl/N-ethyl adjacent to an activating group) is 1. The Hall–Kier alpha value is -1.33. The van der Waals surface area contributed by atoms with E-state index in [1.54, 1.807) is 4.90 Å². The monoisotopic (exact) mass is 301 g/mol. The van der Waals surface area contributed by atoms with Gasteiger partial charge in [-0.15, -0.1) is 0 Å². The Balaban J connectivity index is 2.07. The summed E-state index contributed by atoms with van der Waals surface area (Å²) in [5, 5.41) is 0. The molecular weight excluding hydrogens is 277 g/mol. The molecule has 0 bridgehead atoms. The summed E-state index contributed by atoms with van der Waals surface area (Å²) in [6.07, 6.45) is 0.845. The van der Waals surface area contributed by atoms with Crippen LogP contribution in [0.1, 0.15) is 49.2 Å². The van der Waals surface area contributed by atoms with Crippen LogP contribution in [-0.2, 0) is 15.7 Å². The van der Waals surface area contributed by atoms with E-state index in [4.69, 9.17) is 9.31 Å². The summed E-state index contributed by atoms with van der Waals surface area (Å²) >= 11 is 0. The van der Waals surface area contributed by atoms with Crippen molar-refractivity contribution in [1.82, 2.24) is 4.90 Å². The predicted octanol–water partition coefficient (Wildman–Crippen LogP) is 1.92. The second kappa shape index (κ2) is 4.83. The third kappa shape index (κ3) is 2.27. The molecule has 22 heavy (non-hydrogen) atoms. The first kappa shape index (κ1) is 15.6. The van der Waals surface area contributed by atoms with E-state index in [9.17, 15) is 4.79 Å². The fraction of sp³-hybridized carbons (Fsp3) is 0.588.